The molecule has 76 valence electrons. The monoisotopic (exact) mass is 232 g/mol. The summed E-state index contributed by atoms with van der Waals surface area (Å²) in [5.74, 6) is 0.130. The van der Waals surface area contributed by atoms with Crippen LogP contribution < -0.4 is 5.48 Å². The van der Waals surface area contributed by atoms with E-state index < -0.39 is 0 Å². The summed E-state index contributed by atoms with van der Waals surface area (Å²) in [6, 6.07) is 5.23. The van der Waals surface area contributed by atoms with Crippen LogP contribution in [0.15, 0.2) is 18.2 Å². The van der Waals surface area contributed by atoms with Crippen molar-refractivity contribution in [2.24, 2.45) is 0 Å². The van der Waals surface area contributed by atoms with Gasteiger partial charge >= 0.3 is 0 Å². The van der Waals surface area contributed by atoms with Crippen molar-refractivity contribution < 1.29 is 4.84 Å². The fourth-order valence-electron chi connectivity index (χ4n) is 0.994. The third kappa shape index (κ3) is 3.18. The van der Waals surface area contributed by atoms with E-state index in [4.69, 9.17) is 33.4 Å². The first-order chi connectivity index (χ1) is 6.63. The number of hydrogen-bond donors (Lipinski definition) is 2. The number of benzene rings is 1. The van der Waals surface area contributed by atoms with Crippen LogP contribution in [0.2, 0.25) is 10.0 Å². The molecule has 0 spiro atoms. The maximum atomic E-state index is 7.39. The Kier molecular flexibility index (Phi) is 4.20. The van der Waals surface area contributed by atoms with E-state index in [0.717, 1.165) is 5.56 Å². The number of hydrogen-bond acceptors (Lipinski definition) is 3. The van der Waals surface area contributed by atoms with Gasteiger partial charge in [0, 0.05) is 7.05 Å². The zero-order valence-electron chi connectivity index (χ0n) is 7.60. The fourth-order valence-corrected chi connectivity index (χ4v) is 1.31. The molecule has 0 aliphatic carbocycles. The lowest BCUT2D eigenvalue weighted by atomic mass is 10.1. The molecular formula is C9H10Cl2N2O. The fraction of sp³-hybridized carbons (Fsp3) is 0.222. The Hall–Kier alpha value is -0.770. The van der Waals surface area contributed by atoms with E-state index in [1.807, 2.05) is 6.07 Å². The zero-order valence-corrected chi connectivity index (χ0v) is 9.12. The van der Waals surface area contributed by atoms with Crippen LogP contribution in [0.5, 0.6) is 0 Å². The molecule has 0 bridgehead atoms. The van der Waals surface area contributed by atoms with Crippen LogP contribution in [0.1, 0.15) is 5.56 Å². The minimum absolute atomic E-state index is 0.130. The Morgan fingerprint density at radius 2 is 2.14 bits per heavy atom. The summed E-state index contributed by atoms with van der Waals surface area (Å²) in [6.07, 6.45) is 0.387. The quantitative estimate of drug-likeness (QED) is 0.479. The summed E-state index contributed by atoms with van der Waals surface area (Å²) in [7, 11) is 1.60. The first-order valence-electron chi connectivity index (χ1n) is 3.98. The minimum Gasteiger partial charge on any atom is -0.394 e. The molecule has 0 fully saturated rings. The summed E-state index contributed by atoms with van der Waals surface area (Å²) in [6.45, 7) is 0. The SMILES string of the molecule is CNOC(=N)Cc1ccc(Cl)c(Cl)c1. The molecule has 0 radical (unpaired) electrons. The van der Waals surface area contributed by atoms with Crippen LogP contribution in [0.3, 0.4) is 0 Å². The Morgan fingerprint density at radius 3 is 2.71 bits per heavy atom. The average molecular weight is 233 g/mol. The molecule has 0 heterocycles. The first kappa shape index (κ1) is 11.3. The molecular weight excluding hydrogens is 223 g/mol. The van der Waals surface area contributed by atoms with Crippen LogP contribution in [0.4, 0.5) is 0 Å². The van der Waals surface area contributed by atoms with Crippen LogP contribution in [-0.2, 0) is 11.3 Å². The summed E-state index contributed by atoms with van der Waals surface area (Å²) >= 11 is 11.6. The summed E-state index contributed by atoms with van der Waals surface area (Å²) in [5.41, 5.74) is 3.32. The van der Waals surface area contributed by atoms with Crippen molar-refractivity contribution in [3.63, 3.8) is 0 Å². The number of halogens is 2. The molecule has 14 heavy (non-hydrogen) atoms. The lowest BCUT2D eigenvalue weighted by molar-refractivity contribution is 0.201. The van der Waals surface area contributed by atoms with Gasteiger partial charge in [0.1, 0.15) is 0 Å². The van der Waals surface area contributed by atoms with Crippen LogP contribution in [-0.4, -0.2) is 12.9 Å². The molecule has 1 aromatic carbocycles. The van der Waals surface area contributed by atoms with Crippen molar-refractivity contribution >= 4 is 29.1 Å². The standard InChI is InChI=1S/C9H10Cl2N2O/c1-13-14-9(12)5-6-2-3-7(10)8(11)4-6/h2-4,12-13H,5H2,1H3. The highest BCUT2D eigenvalue weighted by Gasteiger charge is 2.03. The summed E-state index contributed by atoms with van der Waals surface area (Å²) in [5, 5.41) is 8.39. The van der Waals surface area contributed by atoms with E-state index in [1.165, 1.54) is 0 Å². The molecule has 0 saturated carbocycles. The van der Waals surface area contributed by atoms with E-state index in [9.17, 15) is 0 Å². The van der Waals surface area contributed by atoms with Gasteiger partial charge in [-0.05, 0) is 17.7 Å². The Morgan fingerprint density at radius 1 is 1.43 bits per heavy atom. The molecule has 0 aliphatic rings. The van der Waals surface area contributed by atoms with E-state index in [1.54, 1.807) is 19.2 Å². The van der Waals surface area contributed by atoms with Gasteiger partial charge in [0.05, 0.1) is 16.5 Å². The Balaban J connectivity index is 2.68. The summed E-state index contributed by atoms with van der Waals surface area (Å²) < 4.78 is 0. The van der Waals surface area contributed by atoms with E-state index in [-0.39, 0.29) is 5.90 Å². The Labute approximate surface area is 92.4 Å². The first-order valence-corrected chi connectivity index (χ1v) is 4.74. The van der Waals surface area contributed by atoms with Gasteiger partial charge < -0.3 is 4.84 Å². The van der Waals surface area contributed by atoms with Crippen molar-refractivity contribution in [1.82, 2.24) is 5.48 Å². The van der Waals surface area contributed by atoms with Crippen LogP contribution >= 0.6 is 23.2 Å². The van der Waals surface area contributed by atoms with Crippen molar-refractivity contribution in [3.05, 3.63) is 33.8 Å². The molecule has 3 nitrogen and oxygen atoms in total. The molecule has 1 rings (SSSR count). The maximum Gasteiger partial charge on any atom is 0.210 e. The maximum absolute atomic E-state index is 7.39. The van der Waals surface area contributed by atoms with Gasteiger partial charge in [0.25, 0.3) is 0 Å². The highest BCUT2D eigenvalue weighted by Crippen LogP contribution is 2.22. The van der Waals surface area contributed by atoms with Crippen molar-refractivity contribution in [3.8, 4) is 0 Å². The van der Waals surface area contributed by atoms with Crippen LogP contribution in [0, 0.1) is 5.41 Å². The minimum atomic E-state index is 0.130. The number of nitrogens with one attached hydrogen (secondary N) is 2. The topological polar surface area (TPSA) is 45.1 Å². The molecule has 0 atom stereocenters. The van der Waals surface area contributed by atoms with Gasteiger partial charge in [-0.3, -0.25) is 5.41 Å². The van der Waals surface area contributed by atoms with Crippen molar-refractivity contribution in [2.75, 3.05) is 7.05 Å². The van der Waals surface area contributed by atoms with Gasteiger partial charge in [0.15, 0.2) is 0 Å². The lowest BCUT2D eigenvalue weighted by Gasteiger charge is -2.05. The second-order valence-corrected chi connectivity index (χ2v) is 3.47. The van der Waals surface area contributed by atoms with Crippen molar-refractivity contribution in [2.45, 2.75) is 6.42 Å². The zero-order chi connectivity index (χ0) is 10.6. The van der Waals surface area contributed by atoms with Gasteiger partial charge in [-0.2, -0.15) is 5.48 Å². The van der Waals surface area contributed by atoms with E-state index in [0.29, 0.717) is 16.5 Å². The highest BCUT2D eigenvalue weighted by atomic mass is 35.5. The van der Waals surface area contributed by atoms with E-state index in [2.05, 4.69) is 5.48 Å². The third-order valence-corrected chi connectivity index (χ3v) is 2.31. The Bertz CT molecular complexity index is 342. The van der Waals surface area contributed by atoms with Crippen molar-refractivity contribution in [1.29, 1.82) is 5.41 Å². The van der Waals surface area contributed by atoms with E-state index >= 15 is 0 Å². The molecule has 1 aromatic rings. The lowest BCUT2D eigenvalue weighted by Crippen LogP contribution is -2.16. The van der Waals surface area contributed by atoms with Gasteiger partial charge in [-0.15, -0.1) is 0 Å². The molecule has 0 saturated heterocycles. The van der Waals surface area contributed by atoms with Gasteiger partial charge in [0.2, 0.25) is 5.90 Å². The second kappa shape index (κ2) is 5.20. The average Bonchev–Trinajstić information content (AvgIpc) is 2.12. The molecule has 5 heteroatoms. The number of hydroxylamine groups is 1. The van der Waals surface area contributed by atoms with Crippen LogP contribution in [0.25, 0.3) is 0 Å². The predicted molar refractivity (Wildman–Crippen MR) is 58.0 cm³/mol. The summed E-state index contributed by atoms with van der Waals surface area (Å²) in [4.78, 5) is 4.77. The molecule has 0 aliphatic heterocycles. The van der Waals surface area contributed by atoms with Gasteiger partial charge in [-0.25, -0.2) is 0 Å². The highest BCUT2D eigenvalue weighted by molar-refractivity contribution is 6.42. The molecule has 0 aromatic heterocycles. The third-order valence-electron chi connectivity index (χ3n) is 1.57. The molecule has 0 amide bonds. The second-order valence-electron chi connectivity index (χ2n) is 2.65. The molecule has 0 unspecified atom stereocenters. The van der Waals surface area contributed by atoms with Gasteiger partial charge in [-0.1, -0.05) is 29.3 Å². The predicted octanol–water partition coefficient (Wildman–Crippen LogP) is 2.66. The molecule has 2 N–H and O–H groups in total. The largest absolute Gasteiger partial charge is 0.394 e. The number of rotatable bonds is 3. The normalized spacial score (nSPS) is 9.93. The smallest absolute Gasteiger partial charge is 0.210 e.